The van der Waals surface area contributed by atoms with E-state index >= 15 is 0 Å². The highest BCUT2D eigenvalue weighted by atomic mass is 35.5. The van der Waals surface area contributed by atoms with Gasteiger partial charge in [-0.1, -0.05) is 40.8 Å². The number of nitrogens with one attached hydrogen (secondary N) is 1. The second-order valence-corrected chi connectivity index (χ2v) is 12.4. The second-order valence-electron chi connectivity index (χ2n) is 9.82. The van der Waals surface area contributed by atoms with Gasteiger partial charge in [-0.25, -0.2) is 9.29 Å². The number of halogens is 2. The van der Waals surface area contributed by atoms with Crippen molar-refractivity contribution in [2.75, 3.05) is 24.4 Å². The molecule has 43 heavy (non-hydrogen) atoms. The van der Waals surface area contributed by atoms with Crippen molar-refractivity contribution < 1.29 is 28.2 Å². The number of hydrogen-bond donors (Lipinski definition) is 1. The van der Waals surface area contributed by atoms with Gasteiger partial charge in [0.25, 0.3) is 0 Å². The summed E-state index contributed by atoms with van der Waals surface area (Å²) in [6.07, 6.45) is 0. The van der Waals surface area contributed by atoms with Crippen molar-refractivity contribution in [1.29, 1.82) is 0 Å². The number of rotatable bonds is 7. The maximum Gasteiger partial charge on any atom is 0.308 e. The Labute approximate surface area is 258 Å². The number of fused-ring (bicyclic) bond motifs is 2. The number of ether oxygens (including phenoxy) is 2. The molecule has 1 aromatic heterocycles. The molecule has 3 atom stereocenters. The molecule has 1 N–H and O–H groups in total. The van der Waals surface area contributed by atoms with Gasteiger partial charge in [-0.2, -0.15) is 0 Å². The van der Waals surface area contributed by atoms with Gasteiger partial charge < -0.3 is 14.8 Å². The summed E-state index contributed by atoms with van der Waals surface area (Å²) < 4.78 is 25.5. The number of nitrogens with zero attached hydrogens (tertiary/aromatic N) is 2. The lowest BCUT2D eigenvalue weighted by Crippen LogP contribution is -2.33. The summed E-state index contributed by atoms with van der Waals surface area (Å²) in [5, 5.41) is 2.70. The number of anilines is 2. The lowest BCUT2D eigenvalue weighted by molar-refractivity contribution is -0.122. The molecule has 2 aliphatic heterocycles. The molecule has 2 aliphatic rings. The van der Waals surface area contributed by atoms with Crippen molar-refractivity contribution >= 4 is 63.8 Å². The van der Waals surface area contributed by atoms with E-state index < -0.39 is 45.5 Å². The molecule has 0 radical (unpaired) electrons. The molecule has 6 rings (SSSR count). The number of thioether (sulfide) groups is 1. The molecule has 1 fully saturated rings. The number of methoxy groups -OCH3 is 2. The number of thiazole rings is 1. The quantitative estimate of drug-likeness (QED) is 0.279. The maximum absolute atomic E-state index is 14.0. The van der Waals surface area contributed by atoms with E-state index in [-0.39, 0.29) is 6.54 Å². The van der Waals surface area contributed by atoms with Crippen LogP contribution in [-0.4, -0.2) is 41.8 Å². The Morgan fingerprint density at radius 1 is 0.953 bits per heavy atom. The van der Waals surface area contributed by atoms with Crippen LogP contribution in [0.25, 0.3) is 0 Å². The van der Waals surface area contributed by atoms with Crippen LogP contribution in [0, 0.1) is 11.7 Å². The smallest absolute Gasteiger partial charge is 0.308 e. The van der Waals surface area contributed by atoms with E-state index in [1.54, 1.807) is 42.5 Å². The molecular weight excluding hydrogens is 617 g/mol. The van der Waals surface area contributed by atoms with Crippen LogP contribution in [0.2, 0.25) is 5.02 Å². The Hall–Kier alpha value is -4.13. The van der Waals surface area contributed by atoms with E-state index in [0.717, 1.165) is 28.0 Å². The molecule has 220 valence electrons. The molecule has 3 amide bonds. The SMILES string of the molecule is COc1ccc([C@@H]2c3sc(=O)n(CC(=O)Nc4ccc(F)cc4)c3S[C@H]3C(=O)N(c4ccc(Cl)cc4)C(=O)[C@@H]23)cc1OC. The third kappa shape index (κ3) is 5.19. The number of amides is 3. The van der Waals surface area contributed by atoms with Crippen LogP contribution >= 0.6 is 34.7 Å². The predicted molar refractivity (Wildman–Crippen MR) is 162 cm³/mol. The second kappa shape index (κ2) is 11.5. The molecule has 3 aromatic carbocycles. The van der Waals surface area contributed by atoms with Gasteiger partial charge in [-0.05, 0) is 66.2 Å². The summed E-state index contributed by atoms with van der Waals surface area (Å²) in [6.45, 7) is -0.339. The third-order valence-corrected chi connectivity index (χ3v) is 10.2. The summed E-state index contributed by atoms with van der Waals surface area (Å²) >= 11 is 8.09. The Morgan fingerprint density at radius 2 is 1.65 bits per heavy atom. The average molecular weight is 640 g/mol. The third-order valence-electron chi connectivity index (χ3n) is 7.33. The van der Waals surface area contributed by atoms with Gasteiger partial charge in [0.05, 0.1) is 30.9 Å². The van der Waals surface area contributed by atoms with Gasteiger partial charge in [0, 0.05) is 21.5 Å². The minimum atomic E-state index is -0.866. The molecule has 0 unspecified atom stereocenters. The van der Waals surface area contributed by atoms with Gasteiger partial charge in [0.2, 0.25) is 17.7 Å². The van der Waals surface area contributed by atoms with Gasteiger partial charge in [-0.15, -0.1) is 0 Å². The maximum atomic E-state index is 14.0. The molecular formula is C30H23ClFN3O6S2. The first kappa shape index (κ1) is 29.0. The molecule has 13 heteroatoms. The topological polar surface area (TPSA) is 107 Å². The van der Waals surface area contributed by atoms with Crippen LogP contribution in [0.1, 0.15) is 16.4 Å². The average Bonchev–Trinajstić information content (AvgIpc) is 3.44. The number of aromatic nitrogens is 1. The number of benzene rings is 3. The first-order chi connectivity index (χ1) is 20.7. The van der Waals surface area contributed by atoms with E-state index in [0.29, 0.717) is 43.4 Å². The van der Waals surface area contributed by atoms with Crippen LogP contribution in [-0.2, 0) is 20.9 Å². The standard InChI is InChI=1S/C30H23ClFN3O6S2/c1-40-20-12-3-15(13-21(20)41-2)23-24-25(28(38)35(27(24)37)19-10-4-16(31)5-11-19)42-29-26(23)43-30(39)34(29)14-22(36)33-18-8-6-17(32)7-9-18/h3-13,23-25H,14H2,1-2H3,(H,33,36)/t23-,24-,25+/m0/s1. The normalized spacial score (nSPS) is 19.2. The predicted octanol–water partition coefficient (Wildman–Crippen LogP) is 5.15. The Balaban J connectivity index is 1.43. The molecule has 3 heterocycles. The Bertz CT molecular complexity index is 1810. The number of imide groups is 1. The first-order valence-electron chi connectivity index (χ1n) is 13.0. The Kier molecular flexibility index (Phi) is 7.75. The van der Waals surface area contributed by atoms with Gasteiger partial charge in [0.1, 0.15) is 17.6 Å². The van der Waals surface area contributed by atoms with Crippen LogP contribution in [0.5, 0.6) is 11.5 Å². The van der Waals surface area contributed by atoms with Gasteiger partial charge in [0.15, 0.2) is 11.5 Å². The molecule has 0 spiro atoms. The van der Waals surface area contributed by atoms with E-state index in [1.165, 1.54) is 43.1 Å². The monoisotopic (exact) mass is 639 g/mol. The lowest BCUT2D eigenvalue weighted by atomic mass is 9.83. The van der Waals surface area contributed by atoms with E-state index in [2.05, 4.69) is 5.32 Å². The fraction of sp³-hybridized carbons (Fsp3) is 0.200. The fourth-order valence-electron chi connectivity index (χ4n) is 5.38. The number of carbonyl (C=O) groups is 3. The molecule has 9 nitrogen and oxygen atoms in total. The molecule has 0 bridgehead atoms. The highest BCUT2D eigenvalue weighted by Gasteiger charge is 2.57. The zero-order chi connectivity index (χ0) is 30.4. The van der Waals surface area contributed by atoms with Crippen molar-refractivity contribution in [1.82, 2.24) is 4.57 Å². The summed E-state index contributed by atoms with van der Waals surface area (Å²) in [5.74, 6) is -2.41. The van der Waals surface area contributed by atoms with E-state index in [9.17, 15) is 23.6 Å². The van der Waals surface area contributed by atoms with Crippen LogP contribution in [0.15, 0.2) is 76.6 Å². The van der Waals surface area contributed by atoms with Crippen molar-refractivity contribution in [2.45, 2.75) is 22.7 Å². The largest absolute Gasteiger partial charge is 0.493 e. The summed E-state index contributed by atoms with van der Waals surface area (Å²) in [5.41, 5.74) is 1.41. The van der Waals surface area contributed by atoms with E-state index in [1.807, 2.05) is 0 Å². The first-order valence-corrected chi connectivity index (χ1v) is 15.1. The number of hydrogen-bond acceptors (Lipinski definition) is 8. The van der Waals surface area contributed by atoms with Crippen molar-refractivity contribution in [2.24, 2.45) is 5.92 Å². The lowest BCUT2D eigenvalue weighted by Gasteiger charge is -2.31. The number of carbonyl (C=O) groups excluding carboxylic acids is 3. The minimum absolute atomic E-state index is 0.339. The van der Waals surface area contributed by atoms with Crippen LogP contribution in [0.4, 0.5) is 15.8 Å². The Morgan fingerprint density at radius 3 is 2.33 bits per heavy atom. The van der Waals surface area contributed by atoms with E-state index in [4.69, 9.17) is 21.1 Å². The van der Waals surface area contributed by atoms with Crippen LogP contribution in [0.3, 0.4) is 0 Å². The van der Waals surface area contributed by atoms with Gasteiger partial charge in [-0.3, -0.25) is 23.7 Å². The van der Waals surface area contributed by atoms with Crippen LogP contribution < -0.4 is 24.6 Å². The molecule has 4 aromatic rings. The zero-order valence-electron chi connectivity index (χ0n) is 22.7. The molecule has 1 saturated heterocycles. The highest BCUT2D eigenvalue weighted by molar-refractivity contribution is 8.00. The van der Waals surface area contributed by atoms with Gasteiger partial charge >= 0.3 is 4.87 Å². The summed E-state index contributed by atoms with van der Waals surface area (Å²) in [7, 11) is 3.00. The molecule has 0 aliphatic carbocycles. The fourth-order valence-corrected chi connectivity index (χ4v) is 8.28. The molecule has 0 saturated carbocycles. The minimum Gasteiger partial charge on any atom is -0.493 e. The van der Waals surface area contributed by atoms with Crippen molar-refractivity contribution in [3.63, 3.8) is 0 Å². The van der Waals surface area contributed by atoms with Crippen molar-refractivity contribution in [3.8, 4) is 11.5 Å². The summed E-state index contributed by atoms with van der Waals surface area (Å²) in [6, 6.07) is 16.9. The summed E-state index contributed by atoms with van der Waals surface area (Å²) in [4.78, 5) is 55.5. The zero-order valence-corrected chi connectivity index (χ0v) is 25.1. The van der Waals surface area contributed by atoms with Crippen molar-refractivity contribution in [3.05, 3.63) is 97.7 Å². The highest BCUT2D eigenvalue weighted by Crippen LogP contribution is 2.54.